The zero-order chi connectivity index (χ0) is 26.2. The van der Waals surface area contributed by atoms with E-state index in [1.54, 1.807) is 31.2 Å². The van der Waals surface area contributed by atoms with E-state index < -0.39 is 15.9 Å². The first-order chi connectivity index (χ1) is 17.8. The fourth-order valence-electron chi connectivity index (χ4n) is 4.39. The van der Waals surface area contributed by atoms with Gasteiger partial charge in [-0.25, -0.2) is 8.42 Å². The Morgan fingerprint density at radius 2 is 1.54 bits per heavy atom. The van der Waals surface area contributed by atoms with Gasteiger partial charge in [-0.2, -0.15) is 4.31 Å². The molecule has 0 N–H and O–H groups in total. The summed E-state index contributed by atoms with van der Waals surface area (Å²) >= 11 is 0. The first-order valence-electron chi connectivity index (χ1n) is 11.6. The van der Waals surface area contributed by atoms with Crippen LogP contribution in [0.15, 0.2) is 106 Å². The van der Waals surface area contributed by atoms with Gasteiger partial charge in [0, 0.05) is 11.5 Å². The number of anilines is 1. The number of hydrogen-bond donors (Lipinski definition) is 0. The molecule has 184 valence electrons. The molecule has 1 heterocycles. The predicted molar refractivity (Wildman–Crippen MR) is 145 cm³/mol. The Balaban J connectivity index is 1.68. The molecule has 1 amide bonds. The number of rotatable bonds is 6. The molecule has 0 unspecified atom stereocenters. The van der Waals surface area contributed by atoms with Gasteiger partial charge in [-0.15, -0.1) is 0 Å². The van der Waals surface area contributed by atoms with Crippen molar-refractivity contribution in [1.82, 2.24) is 0 Å². The minimum Gasteiger partial charge on any atom is -0.461 e. The topological polar surface area (TPSA) is 84.7 Å². The molecule has 0 radical (unpaired) electrons. The molecule has 0 fully saturated rings. The zero-order valence-electron chi connectivity index (χ0n) is 20.2. The van der Waals surface area contributed by atoms with Gasteiger partial charge in [0.05, 0.1) is 16.1 Å². The van der Waals surface area contributed by atoms with E-state index in [9.17, 15) is 18.0 Å². The first kappa shape index (κ1) is 24.2. The van der Waals surface area contributed by atoms with E-state index in [1.807, 2.05) is 54.6 Å². The molecule has 5 aromatic rings. The van der Waals surface area contributed by atoms with Gasteiger partial charge in [-0.3, -0.25) is 9.59 Å². The van der Waals surface area contributed by atoms with Crippen molar-refractivity contribution in [2.45, 2.75) is 18.7 Å². The third-order valence-corrected chi connectivity index (χ3v) is 7.83. The Morgan fingerprint density at radius 3 is 2.27 bits per heavy atom. The summed E-state index contributed by atoms with van der Waals surface area (Å²) in [5.41, 5.74) is 1.64. The average molecular weight is 510 g/mol. The molecule has 5 rings (SSSR count). The number of sulfonamides is 1. The maximum Gasteiger partial charge on any atom is 0.271 e. The van der Waals surface area contributed by atoms with Crippen LogP contribution in [0.3, 0.4) is 0 Å². The Morgan fingerprint density at radius 1 is 0.838 bits per heavy atom. The second-order valence-corrected chi connectivity index (χ2v) is 10.4. The molecule has 0 spiro atoms. The normalized spacial score (nSPS) is 11.8. The van der Waals surface area contributed by atoms with Crippen LogP contribution >= 0.6 is 0 Å². The highest BCUT2D eigenvalue weighted by molar-refractivity contribution is 7.93. The number of hydrogen-bond acceptors (Lipinski definition) is 5. The number of fused-ring (bicyclic) bond motifs is 2. The third kappa shape index (κ3) is 4.57. The number of carbonyl (C=O) groups excluding carboxylic acids is 2. The summed E-state index contributed by atoms with van der Waals surface area (Å²) in [7, 11) is -4.33. The highest BCUT2D eigenvalue weighted by Crippen LogP contribution is 2.33. The van der Waals surface area contributed by atoms with Crippen LogP contribution in [-0.2, 0) is 14.8 Å². The molecule has 4 aromatic carbocycles. The molecule has 0 saturated carbocycles. The van der Waals surface area contributed by atoms with Crippen LogP contribution in [0.1, 0.15) is 28.6 Å². The van der Waals surface area contributed by atoms with Gasteiger partial charge in [0.25, 0.3) is 15.9 Å². The van der Waals surface area contributed by atoms with Gasteiger partial charge in [0.15, 0.2) is 5.78 Å². The highest BCUT2D eigenvalue weighted by Gasteiger charge is 2.31. The number of nitrogens with zero attached hydrogens (tertiary/aromatic N) is 1. The molecular weight excluding hydrogens is 486 g/mol. The monoisotopic (exact) mass is 509 g/mol. The SMILES string of the molecule is CC(=O)c1c(C)oc2ccc(N(C(=O)C=Cc3ccccc3)S(=O)(=O)c3ccc4ccccc4c3)cc12. The van der Waals surface area contributed by atoms with E-state index in [0.29, 0.717) is 22.3 Å². The van der Waals surface area contributed by atoms with Crippen LogP contribution in [0.5, 0.6) is 0 Å². The maximum absolute atomic E-state index is 14.0. The zero-order valence-corrected chi connectivity index (χ0v) is 21.0. The quantitative estimate of drug-likeness (QED) is 0.192. The van der Waals surface area contributed by atoms with Crippen molar-refractivity contribution in [3.05, 3.63) is 114 Å². The number of furan rings is 1. The van der Waals surface area contributed by atoms with E-state index in [4.69, 9.17) is 4.42 Å². The molecule has 0 aliphatic carbocycles. The Labute approximate surface area is 214 Å². The lowest BCUT2D eigenvalue weighted by Crippen LogP contribution is -2.35. The van der Waals surface area contributed by atoms with Crippen molar-refractivity contribution in [3.63, 3.8) is 0 Å². The van der Waals surface area contributed by atoms with E-state index in [1.165, 1.54) is 31.2 Å². The number of aryl methyl sites for hydroxylation is 1. The van der Waals surface area contributed by atoms with Gasteiger partial charge in [0.2, 0.25) is 0 Å². The van der Waals surface area contributed by atoms with Gasteiger partial charge >= 0.3 is 0 Å². The van der Waals surface area contributed by atoms with Crippen molar-refractivity contribution in [3.8, 4) is 0 Å². The van der Waals surface area contributed by atoms with Crippen LogP contribution in [-0.4, -0.2) is 20.1 Å². The lowest BCUT2D eigenvalue weighted by molar-refractivity contribution is -0.113. The Hall–Kier alpha value is -4.49. The van der Waals surface area contributed by atoms with Crippen LogP contribution in [0.2, 0.25) is 0 Å². The van der Waals surface area contributed by atoms with Crippen LogP contribution in [0.4, 0.5) is 5.69 Å². The molecule has 7 heteroatoms. The molecule has 0 aliphatic rings. The van der Waals surface area contributed by atoms with E-state index in [0.717, 1.165) is 20.6 Å². The number of carbonyl (C=O) groups is 2. The van der Waals surface area contributed by atoms with Gasteiger partial charge in [-0.05, 0) is 66.6 Å². The summed E-state index contributed by atoms with van der Waals surface area (Å²) < 4.78 is 34.4. The van der Waals surface area contributed by atoms with Gasteiger partial charge in [0.1, 0.15) is 11.3 Å². The summed E-state index contributed by atoms with van der Waals surface area (Å²) in [6, 6.07) is 25.8. The number of benzene rings is 4. The first-order valence-corrected chi connectivity index (χ1v) is 13.0. The van der Waals surface area contributed by atoms with E-state index >= 15 is 0 Å². The molecule has 1 aromatic heterocycles. The summed E-state index contributed by atoms with van der Waals surface area (Å²) in [4.78, 5) is 25.8. The molecular formula is C30H23NO5S. The van der Waals surface area contributed by atoms with Crippen molar-refractivity contribution in [2.24, 2.45) is 0 Å². The second kappa shape index (κ2) is 9.52. The number of amides is 1. The number of ketones is 1. The molecule has 37 heavy (non-hydrogen) atoms. The largest absolute Gasteiger partial charge is 0.461 e. The van der Waals surface area contributed by atoms with Crippen molar-refractivity contribution in [1.29, 1.82) is 0 Å². The third-order valence-electron chi connectivity index (χ3n) is 6.11. The maximum atomic E-state index is 14.0. The number of Topliss-reactive ketones (excluding diaryl/α,β-unsaturated/α-hetero) is 1. The lowest BCUT2D eigenvalue weighted by atomic mass is 10.1. The molecule has 6 nitrogen and oxygen atoms in total. The van der Waals surface area contributed by atoms with Crippen LogP contribution < -0.4 is 4.31 Å². The minimum absolute atomic E-state index is 0.0251. The van der Waals surface area contributed by atoms with Crippen molar-refractivity contribution >= 4 is 55.2 Å². The van der Waals surface area contributed by atoms with Crippen molar-refractivity contribution < 1.29 is 22.4 Å². The van der Waals surface area contributed by atoms with Crippen LogP contribution in [0.25, 0.3) is 27.8 Å². The van der Waals surface area contributed by atoms with E-state index in [-0.39, 0.29) is 16.4 Å². The molecule has 0 aliphatic heterocycles. The summed E-state index contributed by atoms with van der Waals surface area (Å²) in [6.45, 7) is 3.09. The predicted octanol–water partition coefficient (Wildman–Crippen LogP) is 6.53. The molecule has 0 atom stereocenters. The van der Waals surface area contributed by atoms with Gasteiger partial charge < -0.3 is 4.42 Å². The van der Waals surface area contributed by atoms with Crippen LogP contribution in [0, 0.1) is 6.92 Å². The standard InChI is InChI=1S/C30H23NO5S/c1-20(32)30-21(2)36-28-16-14-25(19-27(28)30)31(29(33)17-12-22-8-4-3-5-9-22)37(34,35)26-15-13-23-10-6-7-11-24(23)18-26/h3-19H,1-2H3. The Bertz CT molecular complexity index is 1800. The summed E-state index contributed by atoms with van der Waals surface area (Å²) in [5, 5.41) is 2.06. The smallest absolute Gasteiger partial charge is 0.271 e. The summed E-state index contributed by atoms with van der Waals surface area (Å²) in [5.74, 6) is -0.535. The van der Waals surface area contributed by atoms with E-state index in [2.05, 4.69) is 0 Å². The average Bonchev–Trinajstić information content (AvgIpc) is 3.23. The minimum atomic E-state index is -4.33. The van der Waals surface area contributed by atoms with Gasteiger partial charge in [-0.1, -0.05) is 60.7 Å². The fourth-order valence-corrected chi connectivity index (χ4v) is 5.80. The molecule has 0 saturated heterocycles. The Kier molecular flexibility index (Phi) is 6.23. The highest BCUT2D eigenvalue weighted by atomic mass is 32.2. The molecule has 0 bridgehead atoms. The van der Waals surface area contributed by atoms with Crippen molar-refractivity contribution in [2.75, 3.05) is 4.31 Å². The fraction of sp³-hybridized carbons (Fsp3) is 0.0667. The second-order valence-electron chi connectivity index (χ2n) is 8.63. The summed E-state index contributed by atoms with van der Waals surface area (Å²) in [6.07, 6.45) is 2.79. The lowest BCUT2D eigenvalue weighted by Gasteiger charge is -2.22.